The predicted octanol–water partition coefficient (Wildman–Crippen LogP) is 3.26. The Kier molecular flexibility index (Phi) is 8.44. The number of carbonyl (C=O) groups excluding carboxylic acids is 1. The number of benzene rings is 2. The third-order valence-electron chi connectivity index (χ3n) is 4.23. The summed E-state index contributed by atoms with van der Waals surface area (Å²) in [5, 5.41) is 6.32. The summed E-state index contributed by atoms with van der Waals surface area (Å²) in [4.78, 5) is 18.0. The maximum Gasteiger partial charge on any atom is 0.241 e. The molecule has 0 radical (unpaired) electrons. The van der Waals surface area contributed by atoms with E-state index in [1.807, 2.05) is 31.2 Å². The average Bonchev–Trinajstić information content (AvgIpc) is 2.66. The molecule has 5 nitrogen and oxygen atoms in total. The van der Waals surface area contributed by atoms with Crippen LogP contribution in [0.2, 0.25) is 0 Å². The number of halogens is 2. The summed E-state index contributed by atoms with van der Waals surface area (Å²) in [6.45, 7) is 3.17. The van der Waals surface area contributed by atoms with Crippen molar-refractivity contribution in [2.75, 3.05) is 27.2 Å². The minimum atomic E-state index is -0.227. The molecule has 2 aromatic carbocycles. The van der Waals surface area contributed by atoms with Gasteiger partial charge in [-0.15, -0.1) is 0 Å². The van der Waals surface area contributed by atoms with Gasteiger partial charge in [-0.05, 0) is 54.3 Å². The quantitative estimate of drug-likeness (QED) is 0.504. The number of rotatable bonds is 7. The molecule has 1 amide bonds. The zero-order valence-corrected chi connectivity index (χ0v) is 18.0. The fourth-order valence-corrected chi connectivity index (χ4v) is 2.77. The second kappa shape index (κ2) is 10.8. The number of carbonyl (C=O) groups is 1. The van der Waals surface area contributed by atoms with Gasteiger partial charge in [0, 0.05) is 25.1 Å². The summed E-state index contributed by atoms with van der Waals surface area (Å²) in [5.74, 6) is 0.306. The molecule has 2 aromatic rings. The first-order chi connectivity index (χ1) is 13.3. The first-order valence-electron chi connectivity index (χ1n) is 9.07. The number of guanidine groups is 1. The number of amides is 1. The lowest BCUT2D eigenvalue weighted by atomic mass is 10.1. The molecule has 0 aliphatic rings. The Morgan fingerprint density at radius 2 is 1.86 bits per heavy atom. The highest BCUT2D eigenvalue weighted by atomic mass is 79.9. The number of nitrogens with zero attached hydrogens (tertiary/aromatic N) is 2. The lowest BCUT2D eigenvalue weighted by Crippen LogP contribution is -2.43. The summed E-state index contributed by atoms with van der Waals surface area (Å²) in [5.41, 5.74) is 3.06. The van der Waals surface area contributed by atoms with E-state index in [9.17, 15) is 9.18 Å². The molecular formula is C21H26BrFN4O. The summed E-state index contributed by atoms with van der Waals surface area (Å²) in [6.07, 6.45) is 0.729. The van der Waals surface area contributed by atoms with Crippen molar-refractivity contribution in [2.45, 2.75) is 19.9 Å². The third-order valence-corrected chi connectivity index (χ3v) is 4.76. The van der Waals surface area contributed by atoms with Crippen LogP contribution in [0.25, 0.3) is 0 Å². The Morgan fingerprint density at radius 3 is 2.50 bits per heavy atom. The molecule has 2 rings (SSSR count). The Bertz CT molecular complexity index is 822. The Balaban J connectivity index is 1.98. The van der Waals surface area contributed by atoms with Crippen molar-refractivity contribution in [1.29, 1.82) is 0 Å². The van der Waals surface area contributed by atoms with E-state index in [0.717, 1.165) is 27.6 Å². The van der Waals surface area contributed by atoms with E-state index in [-0.39, 0.29) is 18.3 Å². The van der Waals surface area contributed by atoms with Crippen LogP contribution in [0.3, 0.4) is 0 Å². The average molecular weight is 449 g/mol. The second-order valence-electron chi connectivity index (χ2n) is 6.68. The van der Waals surface area contributed by atoms with Crippen LogP contribution in [0, 0.1) is 12.7 Å². The fraction of sp³-hybridized carbons (Fsp3) is 0.333. The molecule has 2 N–H and O–H groups in total. The fourth-order valence-electron chi connectivity index (χ4n) is 2.51. The zero-order chi connectivity index (χ0) is 20.5. The van der Waals surface area contributed by atoms with Gasteiger partial charge in [-0.25, -0.2) is 9.38 Å². The van der Waals surface area contributed by atoms with Gasteiger partial charge < -0.3 is 15.5 Å². The number of nitrogens with one attached hydrogen (secondary N) is 2. The number of hydrogen-bond acceptors (Lipinski definition) is 2. The van der Waals surface area contributed by atoms with Gasteiger partial charge >= 0.3 is 0 Å². The highest BCUT2D eigenvalue weighted by Gasteiger charge is 2.07. The van der Waals surface area contributed by atoms with Gasteiger partial charge in [-0.3, -0.25) is 4.79 Å². The van der Waals surface area contributed by atoms with Gasteiger partial charge in [0.05, 0.1) is 13.1 Å². The number of aliphatic imine (C=N–C) groups is 1. The van der Waals surface area contributed by atoms with E-state index in [1.165, 1.54) is 17.0 Å². The summed E-state index contributed by atoms with van der Waals surface area (Å²) < 4.78 is 14.3. The first kappa shape index (κ1) is 21.9. The van der Waals surface area contributed by atoms with Crippen molar-refractivity contribution in [3.8, 4) is 0 Å². The van der Waals surface area contributed by atoms with Crippen molar-refractivity contribution in [3.05, 3.63) is 69.4 Å². The molecule has 0 aliphatic heterocycles. The van der Waals surface area contributed by atoms with E-state index < -0.39 is 0 Å². The van der Waals surface area contributed by atoms with Gasteiger partial charge in [0.1, 0.15) is 5.82 Å². The van der Waals surface area contributed by atoms with Gasteiger partial charge in [-0.2, -0.15) is 0 Å². The molecule has 0 atom stereocenters. The predicted molar refractivity (Wildman–Crippen MR) is 115 cm³/mol. The van der Waals surface area contributed by atoms with Crippen molar-refractivity contribution in [3.63, 3.8) is 0 Å². The Hall–Kier alpha value is -2.41. The van der Waals surface area contributed by atoms with Gasteiger partial charge in [0.25, 0.3) is 0 Å². The topological polar surface area (TPSA) is 56.7 Å². The number of hydrogen-bond donors (Lipinski definition) is 2. The lowest BCUT2D eigenvalue weighted by Gasteiger charge is -2.15. The van der Waals surface area contributed by atoms with Crippen molar-refractivity contribution < 1.29 is 9.18 Å². The minimum Gasteiger partial charge on any atom is -0.356 e. The largest absolute Gasteiger partial charge is 0.356 e. The molecule has 28 heavy (non-hydrogen) atoms. The highest BCUT2D eigenvalue weighted by Crippen LogP contribution is 2.11. The van der Waals surface area contributed by atoms with E-state index in [1.54, 1.807) is 20.2 Å². The zero-order valence-electron chi connectivity index (χ0n) is 16.4. The molecule has 0 fully saturated rings. The molecule has 0 aliphatic carbocycles. The molecule has 7 heteroatoms. The molecule has 0 saturated carbocycles. The molecule has 0 spiro atoms. The van der Waals surface area contributed by atoms with E-state index in [4.69, 9.17) is 0 Å². The molecule has 0 aromatic heterocycles. The van der Waals surface area contributed by atoms with Crippen LogP contribution in [0.1, 0.15) is 16.7 Å². The molecule has 150 valence electrons. The van der Waals surface area contributed by atoms with Gasteiger partial charge in [-0.1, -0.05) is 34.1 Å². The molecule has 0 bridgehead atoms. The third kappa shape index (κ3) is 7.31. The number of likely N-dealkylation sites (N-methyl/N-ethyl adjacent to an activating group) is 1. The second-order valence-corrected chi connectivity index (χ2v) is 7.60. The Morgan fingerprint density at radius 1 is 1.14 bits per heavy atom. The van der Waals surface area contributed by atoms with E-state index >= 15 is 0 Å². The monoisotopic (exact) mass is 448 g/mol. The minimum absolute atomic E-state index is 0.0347. The maximum absolute atomic E-state index is 13.2. The van der Waals surface area contributed by atoms with Crippen LogP contribution in [-0.4, -0.2) is 44.0 Å². The SMILES string of the molecule is Cc1cc(F)ccc1CCNC(=NCc1ccc(Br)cc1)NCC(=O)N(C)C. The Labute approximate surface area is 174 Å². The smallest absolute Gasteiger partial charge is 0.241 e. The standard InChI is InChI=1S/C21H26BrFN4O/c1-15-12-19(23)9-6-17(15)10-11-24-21(26-14-20(28)27(2)3)25-13-16-4-7-18(22)8-5-16/h4-9,12H,10-11,13-14H2,1-3H3,(H2,24,25,26). The van der Waals surface area contributed by atoms with Crippen LogP contribution in [0.4, 0.5) is 4.39 Å². The summed E-state index contributed by atoms with van der Waals surface area (Å²) in [6, 6.07) is 12.7. The molecular weight excluding hydrogens is 423 g/mol. The normalized spacial score (nSPS) is 11.2. The van der Waals surface area contributed by atoms with Crippen LogP contribution < -0.4 is 10.6 Å². The van der Waals surface area contributed by atoms with Gasteiger partial charge in [0.15, 0.2) is 5.96 Å². The maximum atomic E-state index is 13.2. The van der Waals surface area contributed by atoms with Gasteiger partial charge in [0.2, 0.25) is 5.91 Å². The molecule has 0 saturated heterocycles. The van der Waals surface area contributed by atoms with Crippen molar-refractivity contribution in [2.24, 2.45) is 4.99 Å². The summed E-state index contributed by atoms with van der Waals surface area (Å²) in [7, 11) is 3.43. The van der Waals surface area contributed by atoms with Crippen LogP contribution >= 0.6 is 15.9 Å². The molecule has 0 unspecified atom stereocenters. The number of aryl methyl sites for hydroxylation is 1. The summed E-state index contributed by atoms with van der Waals surface area (Å²) >= 11 is 3.42. The van der Waals surface area contributed by atoms with Crippen LogP contribution in [0.15, 0.2) is 51.9 Å². The van der Waals surface area contributed by atoms with Crippen molar-refractivity contribution in [1.82, 2.24) is 15.5 Å². The first-order valence-corrected chi connectivity index (χ1v) is 9.86. The van der Waals surface area contributed by atoms with E-state index in [2.05, 4.69) is 31.6 Å². The van der Waals surface area contributed by atoms with Crippen molar-refractivity contribution >= 4 is 27.8 Å². The molecule has 0 heterocycles. The van der Waals surface area contributed by atoms with Crippen LogP contribution in [-0.2, 0) is 17.8 Å². The highest BCUT2D eigenvalue weighted by molar-refractivity contribution is 9.10. The van der Waals surface area contributed by atoms with E-state index in [0.29, 0.717) is 19.0 Å². The van der Waals surface area contributed by atoms with Crippen LogP contribution in [0.5, 0.6) is 0 Å². The lowest BCUT2D eigenvalue weighted by molar-refractivity contribution is -0.127.